The lowest BCUT2D eigenvalue weighted by molar-refractivity contribution is -0.143. The number of benzene rings is 2. The van der Waals surface area contributed by atoms with E-state index in [1.54, 1.807) is 49.7 Å². The first-order chi connectivity index (χ1) is 17.2. The Bertz CT molecular complexity index is 1270. The van der Waals surface area contributed by atoms with E-state index in [-0.39, 0.29) is 31.3 Å². The molecule has 0 saturated carbocycles. The predicted octanol–water partition coefficient (Wildman–Crippen LogP) is 4.04. The molecule has 2 heterocycles. The molecule has 186 valence electrons. The van der Waals surface area contributed by atoms with Crippen molar-refractivity contribution in [1.82, 2.24) is 14.8 Å². The molecular weight excluding hydrogens is 461 g/mol. The second kappa shape index (κ2) is 10.3. The number of amides is 3. The third kappa shape index (κ3) is 4.84. The van der Waals surface area contributed by atoms with E-state index in [4.69, 9.17) is 4.74 Å². The topological polar surface area (TPSA) is 79.8 Å². The first-order valence-electron chi connectivity index (χ1n) is 11.6. The minimum absolute atomic E-state index is 0.0366. The summed E-state index contributed by atoms with van der Waals surface area (Å²) >= 11 is 0. The molecule has 0 radical (unpaired) electrons. The van der Waals surface area contributed by atoms with Crippen molar-refractivity contribution in [2.45, 2.75) is 37.8 Å². The predicted molar refractivity (Wildman–Crippen MR) is 131 cm³/mol. The molecule has 0 bridgehead atoms. The Hall–Kier alpha value is -4.07. The maximum Gasteiger partial charge on any atom is 0.241 e. The molecule has 1 aromatic heterocycles. The summed E-state index contributed by atoms with van der Waals surface area (Å²) in [4.78, 5) is 47.2. The standard InChI is InChI=1S/C28H28FN3O4/c1-19(21-9-11-24(36-3)12-10-21)31(2)25(33)15-28(22-7-4-8-23(29)14-22)16-26(34)32(27(28)35)18-20-6-5-13-30-17-20/h4-14,17,19H,15-16,18H2,1-3H3/t19-,28-/m0/s1. The lowest BCUT2D eigenvalue weighted by Crippen LogP contribution is -2.43. The van der Waals surface area contributed by atoms with Gasteiger partial charge in [0.1, 0.15) is 11.6 Å². The number of carbonyl (C=O) groups is 3. The van der Waals surface area contributed by atoms with Crippen LogP contribution in [0.15, 0.2) is 73.1 Å². The Labute approximate surface area is 209 Å². The SMILES string of the molecule is COc1ccc([C@H](C)N(C)C(=O)C[C@@]2(c3cccc(F)c3)CC(=O)N(Cc3cccnc3)C2=O)cc1. The van der Waals surface area contributed by atoms with E-state index in [1.807, 2.05) is 31.2 Å². The lowest BCUT2D eigenvalue weighted by atomic mass is 9.75. The van der Waals surface area contributed by atoms with Crippen LogP contribution in [0.3, 0.4) is 0 Å². The molecule has 0 aliphatic carbocycles. The molecule has 4 rings (SSSR count). The van der Waals surface area contributed by atoms with E-state index in [0.29, 0.717) is 16.9 Å². The van der Waals surface area contributed by atoms with Gasteiger partial charge in [-0.3, -0.25) is 24.3 Å². The normalized spacial score (nSPS) is 18.3. The number of rotatable bonds is 8. The highest BCUT2D eigenvalue weighted by Crippen LogP contribution is 2.41. The van der Waals surface area contributed by atoms with E-state index in [0.717, 1.165) is 10.5 Å². The largest absolute Gasteiger partial charge is 0.497 e. The molecule has 2 atom stereocenters. The molecule has 1 fully saturated rings. The summed E-state index contributed by atoms with van der Waals surface area (Å²) in [6.07, 6.45) is 2.71. The van der Waals surface area contributed by atoms with Crippen LogP contribution in [-0.4, -0.2) is 46.7 Å². The average Bonchev–Trinajstić information content (AvgIpc) is 3.13. The molecule has 3 aromatic rings. The molecular formula is C28H28FN3O4. The third-order valence-electron chi connectivity index (χ3n) is 6.87. The van der Waals surface area contributed by atoms with Crippen molar-refractivity contribution in [2.75, 3.05) is 14.2 Å². The third-order valence-corrected chi connectivity index (χ3v) is 6.87. The Morgan fingerprint density at radius 3 is 2.56 bits per heavy atom. The van der Waals surface area contributed by atoms with Gasteiger partial charge in [-0.2, -0.15) is 0 Å². The van der Waals surface area contributed by atoms with Crippen LogP contribution in [0.1, 0.15) is 42.5 Å². The van der Waals surface area contributed by atoms with Gasteiger partial charge in [0.25, 0.3) is 0 Å². The highest BCUT2D eigenvalue weighted by atomic mass is 19.1. The Balaban J connectivity index is 1.64. The van der Waals surface area contributed by atoms with Crippen LogP contribution >= 0.6 is 0 Å². The van der Waals surface area contributed by atoms with Crippen LogP contribution in [0.5, 0.6) is 5.75 Å². The van der Waals surface area contributed by atoms with Gasteiger partial charge >= 0.3 is 0 Å². The summed E-state index contributed by atoms with van der Waals surface area (Å²) in [5, 5.41) is 0. The van der Waals surface area contributed by atoms with Gasteiger partial charge in [-0.1, -0.05) is 30.3 Å². The quantitative estimate of drug-likeness (QED) is 0.447. The number of imide groups is 1. The van der Waals surface area contributed by atoms with E-state index in [2.05, 4.69) is 4.98 Å². The zero-order chi connectivity index (χ0) is 25.9. The van der Waals surface area contributed by atoms with Gasteiger partial charge in [0.2, 0.25) is 17.7 Å². The number of hydrogen-bond donors (Lipinski definition) is 0. The maximum absolute atomic E-state index is 14.2. The van der Waals surface area contributed by atoms with Crippen LogP contribution in [0.2, 0.25) is 0 Å². The highest BCUT2D eigenvalue weighted by molar-refractivity contribution is 6.10. The molecule has 1 aliphatic rings. The molecule has 7 nitrogen and oxygen atoms in total. The summed E-state index contributed by atoms with van der Waals surface area (Å²) in [6.45, 7) is 1.92. The summed E-state index contributed by atoms with van der Waals surface area (Å²) in [6, 6.07) is 16.2. The van der Waals surface area contributed by atoms with Gasteiger partial charge in [-0.25, -0.2) is 4.39 Å². The van der Waals surface area contributed by atoms with Crippen molar-refractivity contribution in [3.05, 3.63) is 95.6 Å². The number of aromatic nitrogens is 1. The monoisotopic (exact) mass is 489 g/mol. The lowest BCUT2D eigenvalue weighted by Gasteiger charge is -2.32. The fraction of sp³-hybridized carbons (Fsp3) is 0.286. The molecule has 1 aliphatic heterocycles. The number of carbonyl (C=O) groups excluding carboxylic acids is 3. The van der Waals surface area contributed by atoms with Crippen molar-refractivity contribution in [1.29, 1.82) is 0 Å². The number of ether oxygens (including phenoxy) is 1. The second-order valence-corrected chi connectivity index (χ2v) is 9.05. The molecule has 1 saturated heterocycles. The fourth-order valence-corrected chi connectivity index (χ4v) is 4.59. The molecule has 0 unspecified atom stereocenters. The van der Waals surface area contributed by atoms with E-state index in [1.165, 1.54) is 18.2 Å². The highest BCUT2D eigenvalue weighted by Gasteiger charge is 2.54. The van der Waals surface area contributed by atoms with Gasteiger partial charge in [0, 0.05) is 32.3 Å². The first-order valence-corrected chi connectivity index (χ1v) is 11.6. The van der Waals surface area contributed by atoms with Crippen LogP contribution in [-0.2, 0) is 26.3 Å². The molecule has 0 spiro atoms. The number of nitrogens with zero attached hydrogens (tertiary/aromatic N) is 3. The average molecular weight is 490 g/mol. The van der Waals surface area contributed by atoms with Gasteiger partial charge in [-0.15, -0.1) is 0 Å². The Kier molecular flexibility index (Phi) is 7.15. The minimum Gasteiger partial charge on any atom is -0.497 e. The summed E-state index contributed by atoms with van der Waals surface area (Å²) in [5.74, 6) is -1.08. The van der Waals surface area contributed by atoms with Crippen molar-refractivity contribution in [2.24, 2.45) is 0 Å². The van der Waals surface area contributed by atoms with Gasteiger partial charge in [-0.05, 0) is 53.9 Å². The maximum atomic E-state index is 14.2. The number of halogens is 1. The molecule has 8 heteroatoms. The van der Waals surface area contributed by atoms with Crippen molar-refractivity contribution in [3.8, 4) is 5.75 Å². The zero-order valence-corrected chi connectivity index (χ0v) is 20.5. The van der Waals surface area contributed by atoms with Crippen LogP contribution in [0.4, 0.5) is 4.39 Å². The number of hydrogen-bond acceptors (Lipinski definition) is 5. The smallest absolute Gasteiger partial charge is 0.241 e. The van der Waals surface area contributed by atoms with Crippen LogP contribution < -0.4 is 4.74 Å². The van der Waals surface area contributed by atoms with Crippen molar-refractivity contribution < 1.29 is 23.5 Å². The number of likely N-dealkylation sites (tertiary alicyclic amines) is 1. The minimum atomic E-state index is -1.49. The van der Waals surface area contributed by atoms with Gasteiger partial charge in [0.15, 0.2) is 0 Å². The van der Waals surface area contributed by atoms with Crippen LogP contribution in [0.25, 0.3) is 0 Å². The van der Waals surface area contributed by atoms with Crippen LogP contribution in [0, 0.1) is 5.82 Å². The summed E-state index contributed by atoms with van der Waals surface area (Å²) < 4.78 is 19.4. The second-order valence-electron chi connectivity index (χ2n) is 9.05. The molecule has 3 amide bonds. The van der Waals surface area contributed by atoms with Gasteiger partial charge in [0.05, 0.1) is 25.1 Å². The Morgan fingerprint density at radius 1 is 1.17 bits per heavy atom. The zero-order valence-electron chi connectivity index (χ0n) is 20.5. The molecule has 0 N–H and O–H groups in total. The van der Waals surface area contributed by atoms with E-state index < -0.39 is 23.0 Å². The van der Waals surface area contributed by atoms with Gasteiger partial charge < -0.3 is 9.64 Å². The van der Waals surface area contributed by atoms with Crippen molar-refractivity contribution in [3.63, 3.8) is 0 Å². The van der Waals surface area contributed by atoms with Crippen molar-refractivity contribution >= 4 is 17.7 Å². The number of methoxy groups -OCH3 is 1. The Morgan fingerprint density at radius 2 is 1.92 bits per heavy atom. The summed E-state index contributed by atoms with van der Waals surface area (Å²) in [5.41, 5.74) is 0.393. The van der Waals surface area contributed by atoms with E-state index in [9.17, 15) is 18.8 Å². The summed E-state index contributed by atoms with van der Waals surface area (Å²) in [7, 11) is 3.24. The number of pyridine rings is 1. The van der Waals surface area contributed by atoms with E-state index >= 15 is 0 Å². The fourth-order valence-electron chi connectivity index (χ4n) is 4.59. The molecule has 36 heavy (non-hydrogen) atoms. The molecule has 2 aromatic carbocycles. The first kappa shape index (κ1) is 25.0.